The van der Waals surface area contributed by atoms with Crippen LogP contribution in [0, 0.1) is 0 Å². The average molecular weight is 501 g/mol. The molecule has 3 aromatic rings. The second-order valence-corrected chi connectivity index (χ2v) is 8.47. The van der Waals surface area contributed by atoms with Crippen molar-refractivity contribution in [2.45, 2.75) is 32.7 Å². The van der Waals surface area contributed by atoms with Gasteiger partial charge in [-0.05, 0) is 73.0 Å². The van der Waals surface area contributed by atoms with Crippen LogP contribution in [0.25, 0.3) is 5.76 Å². The molecule has 0 aliphatic carbocycles. The Labute approximate surface area is 215 Å². The number of pyridine rings is 1. The lowest BCUT2D eigenvalue weighted by molar-refractivity contribution is -0.142. The molecule has 0 radical (unpaired) electrons. The maximum atomic E-state index is 13.3. The second-order valence-electron chi connectivity index (χ2n) is 8.47. The van der Waals surface area contributed by atoms with E-state index in [0.29, 0.717) is 41.3 Å². The zero-order valence-corrected chi connectivity index (χ0v) is 20.7. The van der Waals surface area contributed by atoms with Crippen molar-refractivity contribution < 1.29 is 29.0 Å². The van der Waals surface area contributed by atoms with Crippen LogP contribution >= 0.6 is 0 Å². The van der Waals surface area contributed by atoms with E-state index in [0.717, 1.165) is 6.42 Å². The standard InChI is InChI=1S/C29H28N2O6/c1-3-17-37-23-11-7-21(8-12-23)27(33)25-26(20-13-15-30-16-14-20)31(29(35)28(25)34)22-9-5-19(6-10-22)18-24(32)36-4-2/h5-16,26,33H,3-4,17-18H2,1-2H3/b27-25-. The number of carbonyl (C=O) groups is 3. The third-order valence-electron chi connectivity index (χ3n) is 5.94. The van der Waals surface area contributed by atoms with Gasteiger partial charge in [-0.2, -0.15) is 0 Å². The smallest absolute Gasteiger partial charge is 0.310 e. The summed E-state index contributed by atoms with van der Waals surface area (Å²) < 4.78 is 10.6. The molecule has 8 nitrogen and oxygen atoms in total. The third-order valence-corrected chi connectivity index (χ3v) is 5.94. The minimum Gasteiger partial charge on any atom is -0.507 e. The summed E-state index contributed by atoms with van der Waals surface area (Å²) >= 11 is 0. The number of benzene rings is 2. The van der Waals surface area contributed by atoms with E-state index in [4.69, 9.17) is 9.47 Å². The number of ketones is 1. The molecule has 1 N–H and O–H groups in total. The number of Topliss-reactive ketones (excluding diaryl/α,β-unsaturated/α-hetero) is 1. The van der Waals surface area contributed by atoms with Crippen molar-refractivity contribution in [2.24, 2.45) is 0 Å². The minimum atomic E-state index is -0.866. The van der Waals surface area contributed by atoms with Crippen LogP contribution in [-0.4, -0.2) is 41.0 Å². The van der Waals surface area contributed by atoms with E-state index < -0.39 is 17.7 Å². The minimum absolute atomic E-state index is 0.0194. The number of esters is 1. The highest BCUT2D eigenvalue weighted by atomic mass is 16.5. The lowest BCUT2D eigenvalue weighted by Gasteiger charge is -2.25. The molecule has 4 rings (SSSR count). The first-order chi connectivity index (χ1) is 17.9. The molecule has 0 bridgehead atoms. The van der Waals surface area contributed by atoms with Gasteiger partial charge >= 0.3 is 5.97 Å². The summed E-state index contributed by atoms with van der Waals surface area (Å²) in [6.45, 7) is 4.61. The van der Waals surface area contributed by atoms with Crippen molar-refractivity contribution in [3.05, 3.63) is 95.3 Å². The number of ether oxygens (including phenoxy) is 2. The van der Waals surface area contributed by atoms with Crippen molar-refractivity contribution in [1.29, 1.82) is 0 Å². The summed E-state index contributed by atoms with van der Waals surface area (Å²) in [6, 6.07) is 16.0. The largest absolute Gasteiger partial charge is 0.507 e. The first-order valence-corrected chi connectivity index (χ1v) is 12.1. The first-order valence-electron chi connectivity index (χ1n) is 12.1. The Bertz CT molecular complexity index is 1300. The van der Waals surface area contributed by atoms with Gasteiger partial charge in [-0.15, -0.1) is 0 Å². The molecule has 0 spiro atoms. The molecule has 1 aliphatic rings. The highest BCUT2D eigenvalue weighted by Crippen LogP contribution is 2.42. The fourth-order valence-electron chi connectivity index (χ4n) is 4.20. The highest BCUT2D eigenvalue weighted by molar-refractivity contribution is 6.51. The van der Waals surface area contributed by atoms with Gasteiger partial charge in [0.05, 0.1) is 31.2 Å². The van der Waals surface area contributed by atoms with Crippen LogP contribution in [0.5, 0.6) is 5.75 Å². The molecule has 1 unspecified atom stereocenters. The van der Waals surface area contributed by atoms with Crippen LogP contribution in [-0.2, 0) is 25.5 Å². The van der Waals surface area contributed by atoms with Gasteiger partial charge in [0, 0.05) is 23.6 Å². The van der Waals surface area contributed by atoms with Gasteiger partial charge in [0.15, 0.2) is 0 Å². The summed E-state index contributed by atoms with van der Waals surface area (Å²) in [6.07, 6.45) is 4.09. The zero-order chi connectivity index (χ0) is 26.4. The Kier molecular flexibility index (Phi) is 7.98. The number of aromatic nitrogens is 1. The normalized spacial score (nSPS) is 16.6. The van der Waals surface area contributed by atoms with Crippen molar-refractivity contribution in [2.75, 3.05) is 18.1 Å². The number of anilines is 1. The van der Waals surface area contributed by atoms with Gasteiger partial charge in [-0.3, -0.25) is 24.3 Å². The summed E-state index contributed by atoms with van der Waals surface area (Å²) in [5.41, 5.74) is 2.16. The molecular weight excluding hydrogens is 472 g/mol. The van der Waals surface area contributed by atoms with Gasteiger partial charge in [-0.25, -0.2) is 0 Å². The number of rotatable bonds is 9. The average Bonchev–Trinajstić information content (AvgIpc) is 3.18. The maximum absolute atomic E-state index is 13.3. The Morgan fingerprint density at radius 2 is 1.65 bits per heavy atom. The van der Waals surface area contributed by atoms with Crippen LogP contribution in [0.2, 0.25) is 0 Å². The zero-order valence-electron chi connectivity index (χ0n) is 20.7. The number of amides is 1. The van der Waals surface area contributed by atoms with Crippen LogP contribution in [0.3, 0.4) is 0 Å². The first kappa shape index (κ1) is 25.6. The molecule has 1 aliphatic heterocycles. The molecule has 1 saturated heterocycles. The molecule has 2 heterocycles. The summed E-state index contributed by atoms with van der Waals surface area (Å²) in [5.74, 6) is -1.53. The Balaban J connectivity index is 1.74. The topological polar surface area (TPSA) is 106 Å². The summed E-state index contributed by atoms with van der Waals surface area (Å²) in [4.78, 5) is 43.8. The van der Waals surface area contributed by atoms with Crippen molar-refractivity contribution in [3.8, 4) is 5.75 Å². The Morgan fingerprint density at radius 1 is 0.973 bits per heavy atom. The second kappa shape index (κ2) is 11.5. The van der Waals surface area contributed by atoms with Gasteiger partial charge in [0.2, 0.25) is 0 Å². The van der Waals surface area contributed by atoms with Gasteiger partial charge < -0.3 is 14.6 Å². The van der Waals surface area contributed by atoms with Crippen LogP contribution in [0.1, 0.15) is 43.0 Å². The monoisotopic (exact) mass is 500 g/mol. The molecule has 37 heavy (non-hydrogen) atoms. The summed E-state index contributed by atoms with van der Waals surface area (Å²) in [5, 5.41) is 11.2. The predicted molar refractivity (Wildman–Crippen MR) is 138 cm³/mol. The van der Waals surface area contributed by atoms with Gasteiger partial charge in [0.1, 0.15) is 11.5 Å². The Hall–Kier alpha value is -4.46. The number of nitrogens with zero attached hydrogens (tertiary/aromatic N) is 2. The van der Waals surface area contributed by atoms with E-state index in [1.165, 1.54) is 4.90 Å². The molecule has 1 amide bonds. The fourth-order valence-corrected chi connectivity index (χ4v) is 4.20. The van der Waals surface area contributed by atoms with Crippen LogP contribution in [0.15, 0.2) is 78.6 Å². The lowest BCUT2D eigenvalue weighted by atomic mass is 9.95. The van der Waals surface area contributed by atoms with Crippen molar-refractivity contribution >= 4 is 29.1 Å². The van der Waals surface area contributed by atoms with Crippen LogP contribution in [0.4, 0.5) is 5.69 Å². The number of carbonyl (C=O) groups excluding carboxylic acids is 3. The van der Waals surface area contributed by atoms with E-state index in [-0.39, 0.29) is 23.7 Å². The third kappa shape index (κ3) is 5.53. The van der Waals surface area contributed by atoms with Gasteiger partial charge in [-0.1, -0.05) is 19.1 Å². The molecule has 1 aromatic heterocycles. The number of aliphatic hydroxyl groups excluding tert-OH is 1. The van der Waals surface area contributed by atoms with E-state index in [1.807, 2.05) is 6.92 Å². The van der Waals surface area contributed by atoms with Crippen molar-refractivity contribution in [3.63, 3.8) is 0 Å². The molecule has 190 valence electrons. The van der Waals surface area contributed by atoms with Gasteiger partial charge in [0.25, 0.3) is 11.7 Å². The molecule has 8 heteroatoms. The molecular formula is C29H28N2O6. The van der Waals surface area contributed by atoms with E-state index in [1.54, 1.807) is 80.0 Å². The summed E-state index contributed by atoms with van der Waals surface area (Å²) in [7, 11) is 0. The molecule has 1 atom stereocenters. The quantitative estimate of drug-likeness (QED) is 0.198. The molecule has 1 fully saturated rings. The SMILES string of the molecule is CCCOc1ccc(/C(O)=C2/C(=O)C(=O)N(c3ccc(CC(=O)OCC)cc3)C2c2ccncc2)cc1. The molecule has 0 saturated carbocycles. The fraction of sp³-hybridized carbons (Fsp3) is 0.241. The van der Waals surface area contributed by atoms with E-state index >= 15 is 0 Å². The predicted octanol–water partition coefficient (Wildman–Crippen LogP) is 4.60. The maximum Gasteiger partial charge on any atom is 0.310 e. The van der Waals surface area contributed by atoms with Crippen LogP contribution < -0.4 is 9.64 Å². The lowest BCUT2D eigenvalue weighted by Crippen LogP contribution is -2.29. The van der Waals surface area contributed by atoms with E-state index in [9.17, 15) is 19.5 Å². The number of aliphatic hydroxyl groups is 1. The van der Waals surface area contributed by atoms with Crippen molar-refractivity contribution in [1.82, 2.24) is 4.98 Å². The molecule has 2 aromatic carbocycles. The van der Waals surface area contributed by atoms with E-state index in [2.05, 4.69) is 4.98 Å². The Morgan fingerprint density at radius 3 is 2.27 bits per heavy atom. The number of hydrogen-bond acceptors (Lipinski definition) is 7. The highest BCUT2D eigenvalue weighted by Gasteiger charge is 2.46. The number of hydrogen-bond donors (Lipinski definition) is 1.